The molecule has 0 saturated heterocycles. The molecule has 282 valence electrons. The second-order valence-corrected chi connectivity index (χ2v) is 15.2. The van der Waals surface area contributed by atoms with Gasteiger partial charge in [0.05, 0.1) is 40.6 Å². The van der Waals surface area contributed by atoms with Gasteiger partial charge < -0.3 is 18.8 Å². The fraction of sp³-hybridized carbons (Fsp3) is 0.0545. The number of nitrogens with zero attached hydrogens (tertiary/aromatic N) is 3. The Morgan fingerprint density at radius 1 is 0.492 bits per heavy atom. The molecule has 0 N–H and O–H groups in total. The second-order valence-electron chi connectivity index (χ2n) is 15.2. The molecule has 4 heteroatoms. The first-order chi connectivity index (χ1) is 29.2. The summed E-state index contributed by atoms with van der Waals surface area (Å²) in [5.74, 6) is 1.18. The van der Waals surface area contributed by atoms with Crippen molar-refractivity contribution in [3.63, 3.8) is 0 Å². The van der Waals surface area contributed by atoms with E-state index in [4.69, 9.17) is 4.74 Å². The summed E-state index contributed by atoms with van der Waals surface area (Å²) in [6.45, 7) is 0. The van der Waals surface area contributed by atoms with E-state index in [9.17, 15) is 0 Å². The molecule has 4 nitrogen and oxygen atoms in total. The lowest BCUT2D eigenvalue weighted by Gasteiger charge is -2.27. The largest absolute Gasteiger partial charge is 0.497 e. The molecule has 1 atom stereocenters. The molecule has 11 rings (SSSR count). The number of anilines is 3. The van der Waals surface area contributed by atoms with Crippen LogP contribution in [0.2, 0.25) is 0 Å². The van der Waals surface area contributed by atoms with Gasteiger partial charge in [-0.05, 0) is 102 Å². The van der Waals surface area contributed by atoms with Crippen molar-refractivity contribution in [2.45, 2.75) is 12.3 Å². The van der Waals surface area contributed by atoms with Crippen molar-refractivity contribution in [2.24, 2.45) is 0 Å². The Bertz CT molecular complexity index is 3210. The maximum absolute atomic E-state index is 5.67. The standard InChI is InChI=1S/C55H41N3O/c1-59-45-36-34-44(35-37-45)58(52-24-12-22-50-54(52)46-18-8-10-20-48(46)56(50)42-30-26-40(27-31-42)38-14-4-2-5-15-38)53-25-13-23-51-55(53)47-19-9-11-21-49(47)57(51)43-32-28-41(29-33-43)39-16-6-3-7-17-39/h2-28,30-37,41H,29H2,1H3. The number of aromatic nitrogens is 2. The zero-order valence-electron chi connectivity index (χ0n) is 32.7. The summed E-state index contributed by atoms with van der Waals surface area (Å²) < 4.78 is 10.5. The summed E-state index contributed by atoms with van der Waals surface area (Å²) in [6.07, 6.45) is 8.02. The minimum absolute atomic E-state index is 0.360. The molecule has 59 heavy (non-hydrogen) atoms. The van der Waals surface area contributed by atoms with Crippen LogP contribution in [0.4, 0.5) is 17.1 Å². The molecule has 1 unspecified atom stereocenters. The van der Waals surface area contributed by atoms with Crippen molar-refractivity contribution in [1.29, 1.82) is 0 Å². The molecular formula is C55H41N3O. The minimum Gasteiger partial charge on any atom is -0.497 e. The van der Waals surface area contributed by atoms with Gasteiger partial charge in [0.1, 0.15) is 5.75 Å². The average Bonchev–Trinajstić information content (AvgIpc) is 3.84. The van der Waals surface area contributed by atoms with E-state index in [1.807, 2.05) is 0 Å². The summed E-state index contributed by atoms with van der Waals surface area (Å²) in [4.78, 5) is 2.45. The minimum atomic E-state index is 0.360. The highest BCUT2D eigenvalue weighted by Crippen LogP contribution is 2.48. The van der Waals surface area contributed by atoms with E-state index in [1.165, 1.54) is 55.0 Å². The van der Waals surface area contributed by atoms with Gasteiger partial charge in [0.2, 0.25) is 0 Å². The topological polar surface area (TPSA) is 22.3 Å². The van der Waals surface area contributed by atoms with E-state index < -0.39 is 0 Å². The van der Waals surface area contributed by atoms with Gasteiger partial charge in [0.15, 0.2) is 0 Å². The van der Waals surface area contributed by atoms with Crippen LogP contribution in [0.25, 0.3) is 66.1 Å². The molecule has 0 bridgehead atoms. The first-order valence-electron chi connectivity index (χ1n) is 20.3. The number of allylic oxidation sites excluding steroid dienone is 4. The smallest absolute Gasteiger partial charge is 0.119 e. The molecule has 0 saturated carbocycles. The molecule has 10 aromatic rings. The highest BCUT2D eigenvalue weighted by atomic mass is 16.5. The summed E-state index contributed by atoms with van der Waals surface area (Å²) in [6, 6.07) is 69.9. The maximum Gasteiger partial charge on any atom is 0.119 e. The van der Waals surface area contributed by atoms with Crippen LogP contribution >= 0.6 is 0 Å². The van der Waals surface area contributed by atoms with Gasteiger partial charge in [-0.2, -0.15) is 0 Å². The van der Waals surface area contributed by atoms with E-state index in [1.54, 1.807) is 7.11 Å². The molecule has 0 spiro atoms. The van der Waals surface area contributed by atoms with E-state index in [0.717, 1.165) is 46.0 Å². The van der Waals surface area contributed by atoms with E-state index in [-0.39, 0.29) is 0 Å². The summed E-state index contributed by atoms with van der Waals surface area (Å²) >= 11 is 0. The first kappa shape index (κ1) is 34.7. The molecule has 0 fully saturated rings. The van der Waals surface area contributed by atoms with Crippen LogP contribution in [-0.2, 0) is 0 Å². The summed E-state index contributed by atoms with van der Waals surface area (Å²) in [7, 11) is 1.72. The van der Waals surface area contributed by atoms with Crippen molar-refractivity contribution in [1.82, 2.24) is 9.13 Å². The molecule has 0 aliphatic heterocycles. The first-order valence-corrected chi connectivity index (χ1v) is 20.3. The van der Waals surface area contributed by atoms with Gasteiger partial charge in [-0.25, -0.2) is 0 Å². The Morgan fingerprint density at radius 3 is 1.64 bits per heavy atom. The van der Waals surface area contributed by atoms with Crippen molar-refractivity contribution < 1.29 is 4.74 Å². The quantitative estimate of drug-likeness (QED) is 0.154. The molecule has 8 aromatic carbocycles. The van der Waals surface area contributed by atoms with Crippen molar-refractivity contribution >= 4 is 66.4 Å². The number of fused-ring (bicyclic) bond motifs is 6. The Balaban J connectivity index is 1.13. The number of methoxy groups -OCH3 is 1. The van der Waals surface area contributed by atoms with Crippen molar-refractivity contribution in [2.75, 3.05) is 12.0 Å². The van der Waals surface area contributed by atoms with Crippen molar-refractivity contribution in [3.05, 3.63) is 218 Å². The van der Waals surface area contributed by atoms with Crippen LogP contribution < -0.4 is 9.64 Å². The number of hydrogen-bond donors (Lipinski definition) is 0. The van der Waals surface area contributed by atoms with Crippen LogP contribution in [-0.4, -0.2) is 16.2 Å². The van der Waals surface area contributed by atoms with Crippen LogP contribution in [0.3, 0.4) is 0 Å². The lowest BCUT2D eigenvalue weighted by atomic mass is 9.92. The molecule has 1 aliphatic rings. The van der Waals surface area contributed by atoms with Gasteiger partial charge >= 0.3 is 0 Å². The third-order valence-corrected chi connectivity index (χ3v) is 12.0. The van der Waals surface area contributed by atoms with Crippen molar-refractivity contribution in [3.8, 4) is 22.6 Å². The molecule has 1 aliphatic carbocycles. The molecule has 0 amide bonds. The highest BCUT2D eigenvalue weighted by molar-refractivity contribution is 6.21. The zero-order chi connectivity index (χ0) is 39.3. The maximum atomic E-state index is 5.67. The van der Waals surface area contributed by atoms with E-state index in [0.29, 0.717) is 5.92 Å². The molecule has 2 heterocycles. The number of benzene rings is 8. The number of para-hydroxylation sites is 2. The molecule has 2 aromatic heterocycles. The van der Waals surface area contributed by atoms with Gasteiger partial charge in [0, 0.05) is 44.5 Å². The Morgan fingerprint density at radius 2 is 1.03 bits per heavy atom. The Hall–Kier alpha value is -7.56. The van der Waals surface area contributed by atoms with Crippen LogP contribution in [0, 0.1) is 0 Å². The molecular weight excluding hydrogens is 719 g/mol. The van der Waals surface area contributed by atoms with Crippen LogP contribution in [0.5, 0.6) is 5.75 Å². The summed E-state index contributed by atoms with van der Waals surface area (Å²) in [5.41, 5.74) is 14.0. The average molecular weight is 760 g/mol. The Kier molecular flexibility index (Phi) is 8.48. The predicted octanol–water partition coefficient (Wildman–Crippen LogP) is 14.6. The zero-order valence-corrected chi connectivity index (χ0v) is 32.7. The van der Waals surface area contributed by atoms with Crippen LogP contribution in [0.15, 0.2) is 212 Å². The normalized spacial score (nSPS) is 14.0. The summed E-state index contributed by atoms with van der Waals surface area (Å²) in [5, 5.41) is 4.81. The fourth-order valence-corrected chi connectivity index (χ4v) is 9.22. The lowest BCUT2D eigenvalue weighted by Crippen LogP contribution is -2.11. The third-order valence-electron chi connectivity index (χ3n) is 12.0. The van der Waals surface area contributed by atoms with Gasteiger partial charge in [-0.3, -0.25) is 0 Å². The monoisotopic (exact) mass is 759 g/mol. The third kappa shape index (κ3) is 5.83. The van der Waals surface area contributed by atoms with Gasteiger partial charge in [-0.15, -0.1) is 0 Å². The van der Waals surface area contributed by atoms with Gasteiger partial charge in [0.25, 0.3) is 0 Å². The van der Waals surface area contributed by atoms with Crippen LogP contribution in [0.1, 0.15) is 17.9 Å². The molecule has 0 radical (unpaired) electrons. The fourth-order valence-electron chi connectivity index (χ4n) is 9.22. The Labute approximate surface area is 343 Å². The van der Waals surface area contributed by atoms with Gasteiger partial charge in [-0.1, -0.05) is 133 Å². The van der Waals surface area contributed by atoms with E-state index >= 15 is 0 Å². The number of ether oxygens (including phenoxy) is 1. The highest BCUT2D eigenvalue weighted by Gasteiger charge is 2.25. The predicted molar refractivity (Wildman–Crippen MR) is 248 cm³/mol. The lowest BCUT2D eigenvalue weighted by molar-refractivity contribution is 0.415. The second kappa shape index (κ2) is 14.4. The SMILES string of the molecule is COc1ccc(N(c2cccc3c2c2ccccc2n3C2=CCC(c3ccccc3)C=C2)c2cccc3c2c2ccccc2n3-c2ccc(-c3ccccc3)cc2)cc1. The number of rotatable bonds is 8. The number of hydrogen-bond acceptors (Lipinski definition) is 2. The van der Waals surface area contributed by atoms with E-state index in [2.05, 4.69) is 226 Å².